The summed E-state index contributed by atoms with van der Waals surface area (Å²) in [6.45, 7) is 0.585. The van der Waals surface area contributed by atoms with Gasteiger partial charge in [-0.15, -0.1) is 11.6 Å². The van der Waals surface area contributed by atoms with Crippen LogP contribution in [-0.4, -0.2) is 25.6 Å². The van der Waals surface area contributed by atoms with Crippen molar-refractivity contribution in [2.45, 2.75) is 68.4 Å². The summed E-state index contributed by atoms with van der Waals surface area (Å²) < 4.78 is 27.2. The van der Waals surface area contributed by atoms with Gasteiger partial charge in [0.05, 0.1) is 5.25 Å². The average molecular weight is 294 g/mol. The molecule has 2 fully saturated rings. The van der Waals surface area contributed by atoms with E-state index < -0.39 is 10.0 Å². The summed E-state index contributed by atoms with van der Waals surface area (Å²) in [5, 5.41) is 0.0876. The lowest BCUT2D eigenvalue weighted by atomic mass is 9.89. The van der Waals surface area contributed by atoms with Crippen molar-refractivity contribution in [2.24, 2.45) is 5.92 Å². The molecule has 3 nitrogen and oxygen atoms in total. The number of alkyl halides is 1. The molecular weight excluding hydrogens is 270 g/mol. The van der Waals surface area contributed by atoms with Crippen molar-refractivity contribution in [3.05, 3.63) is 0 Å². The number of nitrogens with one attached hydrogen (secondary N) is 1. The highest BCUT2D eigenvalue weighted by Crippen LogP contribution is 2.28. The van der Waals surface area contributed by atoms with Crippen LogP contribution in [0.25, 0.3) is 0 Å². The van der Waals surface area contributed by atoms with Crippen LogP contribution in [-0.2, 0) is 10.0 Å². The lowest BCUT2D eigenvalue weighted by molar-refractivity contribution is 0.360. The quantitative estimate of drug-likeness (QED) is 0.810. The van der Waals surface area contributed by atoms with Crippen LogP contribution in [0.5, 0.6) is 0 Å². The van der Waals surface area contributed by atoms with Gasteiger partial charge in [-0.25, -0.2) is 13.1 Å². The Kier molecular flexibility index (Phi) is 5.34. The predicted octanol–water partition coefficient (Wildman–Crippen LogP) is 3.04. The Hall–Kier alpha value is 0.200. The van der Waals surface area contributed by atoms with Gasteiger partial charge in [-0.1, -0.05) is 25.7 Å². The van der Waals surface area contributed by atoms with Gasteiger partial charge in [0, 0.05) is 11.9 Å². The van der Waals surface area contributed by atoms with Crippen molar-refractivity contribution in [2.75, 3.05) is 6.54 Å². The van der Waals surface area contributed by atoms with E-state index in [2.05, 4.69) is 4.72 Å². The predicted molar refractivity (Wildman–Crippen MR) is 75.4 cm³/mol. The van der Waals surface area contributed by atoms with Crippen LogP contribution in [0.1, 0.15) is 57.8 Å². The molecule has 2 atom stereocenters. The van der Waals surface area contributed by atoms with Gasteiger partial charge < -0.3 is 0 Å². The summed E-state index contributed by atoms with van der Waals surface area (Å²) in [5.41, 5.74) is 0. The molecule has 1 N–H and O–H groups in total. The Bertz CT molecular complexity index is 352. The number of hydrogen-bond acceptors (Lipinski definition) is 2. The molecule has 2 aliphatic rings. The second kappa shape index (κ2) is 6.58. The molecular formula is C13H24ClNO2S. The van der Waals surface area contributed by atoms with Crippen molar-refractivity contribution in [1.29, 1.82) is 0 Å². The van der Waals surface area contributed by atoms with Gasteiger partial charge in [0.2, 0.25) is 10.0 Å². The zero-order chi connectivity index (χ0) is 13.0. The third kappa shape index (κ3) is 4.10. The number of hydrogen-bond donors (Lipinski definition) is 1. The van der Waals surface area contributed by atoms with Gasteiger partial charge in [-0.3, -0.25) is 0 Å². The van der Waals surface area contributed by atoms with Crippen LogP contribution >= 0.6 is 11.6 Å². The minimum atomic E-state index is -3.09. The Balaban J connectivity index is 1.80. The van der Waals surface area contributed by atoms with Gasteiger partial charge in [0.25, 0.3) is 0 Å². The Morgan fingerprint density at radius 3 is 2.39 bits per heavy atom. The van der Waals surface area contributed by atoms with Crippen LogP contribution in [0.4, 0.5) is 0 Å². The zero-order valence-electron chi connectivity index (χ0n) is 10.9. The highest BCUT2D eigenvalue weighted by Gasteiger charge is 2.28. The fourth-order valence-electron chi connectivity index (χ4n) is 3.14. The van der Waals surface area contributed by atoms with Gasteiger partial charge in [-0.05, 0) is 38.0 Å². The maximum atomic E-state index is 12.2. The molecule has 18 heavy (non-hydrogen) atoms. The molecule has 2 saturated carbocycles. The molecule has 5 heteroatoms. The van der Waals surface area contributed by atoms with E-state index in [-0.39, 0.29) is 10.6 Å². The number of rotatable bonds is 4. The molecule has 0 saturated heterocycles. The summed E-state index contributed by atoms with van der Waals surface area (Å²) in [7, 11) is -3.09. The minimum absolute atomic E-state index is 0.151. The molecule has 0 aliphatic heterocycles. The average Bonchev–Trinajstić information content (AvgIpc) is 2.38. The van der Waals surface area contributed by atoms with Crippen LogP contribution in [0, 0.1) is 5.92 Å². The fourth-order valence-corrected chi connectivity index (χ4v) is 5.20. The highest BCUT2D eigenvalue weighted by atomic mass is 35.5. The molecule has 0 radical (unpaired) electrons. The van der Waals surface area contributed by atoms with E-state index in [4.69, 9.17) is 11.6 Å². The molecule has 106 valence electrons. The molecule has 2 aliphatic carbocycles. The number of halogens is 1. The van der Waals surface area contributed by atoms with E-state index in [1.807, 2.05) is 0 Å². The first-order valence-electron chi connectivity index (χ1n) is 7.20. The largest absolute Gasteiger partial charge is 0.215 e. The third-order valence-electron chi connectivity index (χ3n) is 4.28. The van der Waals surface area contributed by atoms with Crippen LogP contribution in [0.15, 0.2) is 0 Å². The van der Waals surface area contributed by atoms with E-state index in [9.17, 15) is 8.42 Å². The monoisotopic (exact) mass is 293 g/mol. The molecule has 0 aromatic heterocycles. The van der Waals surface area contributed by atoms with Gasteiger partial charge in [-0.2, -0.15) is 0 Å². The maximum Gasteiger partial charge on any atom is 0.214 e. The van der Waals surface area contributed by atoms with E-state index in [0.717, 1.165) is 51.4 Å². The summed E-state index contributed by atoms with van der Waals surface area (Å²) in [5.74, 6) is 0.430. The molecule has 2 rings (SSSR count). The van der Waals surface area contributed by atoms with Gasteiger partial charge >= 0.3 is 0 Å². The lowest BCUT2D eigenvalue weighted by Crippen LogP contribution is -2.39. The molecule has 0 aromatic carbocycles. The molecule has 2 unspecified atom stereocenters. The SMILES string of the molecule is O=S(=O)(NCC1CCCC(Cl)C1)C1CCCCC1. The second-order valence-electron chi connectivity index (χ2n) is 5.78. The normalized spacial score (nSPS) is 31.4. The van der Waals surface area contributed by atoms with Crippen molar-refractivity contribution < 1.29 is 8.42 Å². The van der Waals surface area contributed by atoms with Crippen molar-refractivity contribution >= 4 is 21.6 Å². The summed E-state index contributed by atoms with van der Waals surface area (Å²) in [4.78, 5) is 0. The topological polar surface area (TPSA) is 46.2 Å². The summed E-state index contributed by atoms with van der Waals surface area (Å²) >= 11 is 6.13. The first kappa shape index (κ1) is 14.6. The summed E-state index contributed by atoms with van der Waals surface area (Å²) in [6.07, 6.45) is 9.22. The van der Waals surface area contributed by atoms with Crippen molar-refractivity contribution in [3.8, 4) is 0 Å². The van der Waals surface area contributed by atoms with E-state index >= 15 is 0 Å². The van der Waals surface area contributed by atoms with Gasteiger partial charge in [0.1, 0.15) is 0 Å². The zero-order valence-corrected chi connectivity index (χ0v) is 12.5. The standard InChI is InChI=1S/C13H24ClNO2S/c14-12-6-4-5-11(9-12)10-15-18(16,17)13-7-2-1-3-8-13/h11-13,15H,1-10H2. The van der Waals surface area contributed by atoms with E-state index in [1.165, 1.54) is 6.42 Å². The minimum Gasteiger partial charge on any atom is -0.215 e. The van der Waals surface area contributed by atoms with Crippen molar-refractivity contribution in [3.63, 3.8) is 0 Å². The molecule has 0 heterocycles. The Morgan fingerprint density at radius 1 is 1.00 bits per heavy atom. The smallest absolute Gasteiger partial charge is 0.214 e. The van der Waals surface area contributed by atoms with E-state index in [0.29, 0.717) is 12.5 Å². The second-order valence-corrected chi connectivity index (χ2v) is 8.45. The molecule has 0 aromatic rings. The molecule has 0 spiro atoms. The highest BCUT2D eigenvalue weighted by molar-refractivity contribution is 7.90. The van der Waals surface area contributed by atoms with Crippen LogP contribution in [0.2, 0.25) is 0 Å². The maximum absolute atomic E-state index is 12.2. The van der Waals surface area contributed by atoms with Crippen molar-refractivity contribution in [1.82, 2.24) is 4.72 Å². The summed E-state index contributed by atoms with van der Waals surface area (Å²) in [6, 6.07) is 0. The number of sulfonamides is 1. The van der Waals surface area contributed by atoms with Crippen LogP contribution in [0.3, 0.4) is 0 Å². The fraction of sp³-hybridized carbons (Fsp3) is 1.00. The van der Waals surface area contributed by atoms with E-state index in [1.54, 1.807) is 0 Å². The molecule has 0 bridgehead atoms. The first-order chi connectivity index (χ1) is 8.58. The lowest BCUT2D eigenvalue weighted by Gasteiger charge is -2.27. The third-order valence-corrected chi connectivity index (χ3v) is 6.60. The Morgan fingerprint density at radius 2 is 1.72 bits per heavy atom. The first-order valence-corrected chi connectivity index (χ1v) is 9.19. The Labute approximate surface area is 116 Å². The van der Waals surface area contributed by atoms with Crippen LogP contribution < -0.4 is 4.72 Å². The van der Waals surface area contributed by atoms with Gasteiger partial charge in [0.15, 0.2) is 0 Å². The molecule has 0 amide bonds.